The summed E-state index contributed by atoms with van der Waals surface area (Å²) in [5, 5.41) is 2.14. The van der Waals surface area contributed by atoms with Crippen molar-refractivity contribution >= 4 is 16.3 Å². The van der Waals surface area contributed by atoms with Crippen LogP contribution in [0.2, 0.25) is 0 Å². The van der Waals surface area contributed by atoms with E-state index in [-0.39, 0.29) is 0 Å². The number of rotatable bonds is 0. The van der Waals surface area contributed by atoms with E-state index in [2.05, 4.69) is 21.7 Å². The van der Waals surface area contributed by atoms with Gasteiger partial charge < -0.3 is 4.74 Å². The van der Waals surface area contributed by atoms with E-state index in [9.17, 15) is 0 Å². The molecular formula is C9H10N2OS. The highest BCUT2D eigenvalue weighted by Crippen LogP contribution is 2.23. The summed E-state index contributed by atoms with van der Waals surface area (Å²) < 4.78 is 7.64. The molecule has 3 rings (SSSR count). The molecule has 0 saturated heterocycles. The SMILES string of the molecule is Cc1csc2nc3c(n12)COCC3. The number of thiazole rings is 1. The molecule has 68 valence electrons. The number of aromatic nitrogens is 2. The monoisotopic (exact) mass is 194 g/mol. The van der Waals surface area contributed by atoms with E-state index in [0.717, 1.165) is 18.0 Å². The second kappa shape index (κ2) is 2.56. The first-order chi connectivity index (χ1) is 6.36. The molecule has 1 aliphatic heterocycles. The molecule has 13 heavy (non-hydrogen) atoms. The van der Waals surface area contributed by atoms with E-state index < -0.39 is 0 Å². The van der Waals surface area contributed by atoms with Crippen LogP contribution in [0.15, 0.2) is 5.38 Å². The van der Waals surface area contributed by atoms with Crippen LogP contribution in [0.5, 0.6) is 0 Å². The third-order valence-electron chi connectivity index (χ3n) is 2.43. The fraction of sp³-hybridized carbons (Fsp3) is 0.444. The van der Waals surface area contributed by atoms with Crippen molar-refractivity contribution in [2.24, 2.45) is 0 Å². The summed E-state index contributed by atoms with van der Waals surface area (Å²) in [6, 6.07) is 0. The lowest BCUT2D eigenvalue weighted by Crippen LogP contribution is -2.10. The van der Waals surface area contributed by atoms with E-state index in [1.165, 1.54) is 17.1 Å². The molecule has 0 spiro atoms. The van der Waals surface area contributed by atoms with Crippen molar-refractivity contribution < 1.29 is 4.74 Å². The van der Waals surface area contributed by atoms with Crippen molar-refractivity contribution in [1.82, 2.24) is 9.38 Å². The normalized spacial score (nSPS) is 16.4. The molecule has 0 bridgehead atoms. The summed E-state index contributed by atoms with van der Waals surface area (Å²) >= 11 is 1.70. The molecule has 0 N–H and O–H groups in total. The van der Waals surface area contributed by atoms with Gasteiger partial charge in [-0.15, -0.1) is 11.3 Å². The minimum Gasteiger partial charge on any atom is -0.375 e. The van der Waals surface area contributed by atoms with Crippen LogP contribution in [0.25, 0.3) is 4.96 Å². The van der Waals surface area contributed by atoms with Crippen LogP contribution in [0, 0.1) is 6.92 Å². The third-order valence-corrected chi connectivity index (χ3v) is 3.38. The maximum Gasteiger partial charge on any atom is 0.194 e. The molecular weight excluding hydrogens is 184 g/mol. The van der Waals surface area contributed by atoms with Gasteiger partial charge in [-0.2, -0.15) is 0 Å². The number of imidazole rings is 1. The molecule has 0 fully saturated rings. The first-order valence-electron chi connectivity index (χ1n) is 4.38. The van der Waals surface area contributed by atoms with E-state index in [4.69, 9.17) is 4.74 Å². The maximum absolute atomic E-state index is 5.43. The van der Waals surface area contributed by atoms with Crippen LogP contribution in [0.3, 0.4) is 0 Å². The molecule has 0 amide bonds. The van der Waals surface area contributed by atoms with Crippen molar-refractivity contribution in [2.75, 3.05) is 6.61 Å². The topological polar surface area (TPSA) is 26.5 Å². The highest BCUT2D eigenvalue weighted by molar-refractivity contribution is 7.15. The lowest BCUT2D eigenvalue weighted by molar-refractivity contribution is 0.106. The van der Waals surface area contributed by atoms with Crippen molar-refractivity contribution in [3.63, 3.8) is 0 Å². The van der Waals surface area contributed by atoms with Gasteiger partial charge >= 0.3 is 0 Å². The van der Waals surface area contributed by atoms with E-state index >= 15 is 0 Å². The Morgan fingerprint density at radius 3 is 3.46 bits per heavy atom. The Kier molecular flexibility index (Phi) is 1.48. The largest absolute Gasteiger partial charge is 0.375 e. The van der Waals surface area contributed by atoms with Gasteiger partial charge in [-0.25, -0.2) is 4.98 Å². The van der Waals surface area contributed by atoms with Gasteiger partial charge in [0.25, 0.3) is 0 Å². The lowest BCUT2D eigenvalue weighted by atomic mass is 10.2. The molecule has 0 aliphatic carbocycles. The molecule has 3 heterocycles. The zero-order valence-corrected chi connectivity index (χ0v) is 8.23. The summed E-state index contributed by atoms with van der Waals surface area (Å²) in [7, 11) is 0. The predicted octanol–water partition coefficient (Wildman–Crippen LogP) is 1.78. The van der Waals surface area contributed by atoms with Gasteiger partial charge in [-0.3, -0.25) is 4.40 Å². The molecule has 2 aromatic rings. The minimum absolute atomic E-state index is 0.716. The smallest absolute Gasteiger partial charge is 0.194 e. The van der Waals surface area contributed by atoms with Crippen LogP contribution in [0.1, 0.15) is 17.1 Å². The molecule has 0 atom stereocenters. The Balaban J connectivity index is 2.36. The molecule has 1 aliphatic rings. The molecule has 0 saturated carbocycles. The third kappa shape index (κ3) is 0.957. The van der Waals surface area contributed by atoms with Crippen molar-refractivity contribution in [1.29, 1.82) is 0 Å². The summed E-state index contributed by atoms with van der Waals surface area (Å²) in [5.74, 6) is 0. The van der Waals surface area contributed by atoms with E-state index in [0.29, 0.717) is 6.61 Å². The van der Waals surface area contributed by atoms with Crippen molar-refractivity contribution in [2.45, 2.75) is 20.0 Å². The van der Waals surface area contributed by atoms with E-state index in [1.807, 2.05) is 0 Å². The van der Waals surface area contributed by atoms with Gasteiger partial charge in [0.05, 0.1) is 24.6 Å². The van der Waals surface area contributed by atoms with Gasteiger partial charge in [0.15, 0.2) is 4.96 Å². The summed E-state index contributed by atoms with van der Waals surface area (Å²) in [6.45, 7) is 3.64. The first-order valence-corrected chi connectivity index (χ1v) is 5.26. The van der Waals surface area contributed by atoms with Crippen LogP contribution in [0.4, 0.5) is 0 Å². The molecule has 0 aromatic carbocycles. The Morgan fingerprint density at radius 1 is 1.62 bits per heavy atom. The first kappa shape index (κ1) is 7.53. The summed E-state index contributed by atoms with van der Waals surface area (Å²) in [4.78, 5) is 5.68. The fourth-order valence-electron chi connectivity index (χ4n) is 1.79. The van der Waals surface area contributed by atoms with E-state index in [1.54, 1.807) is 11.3 Å². The van der Waals surface area contributed by atoms with Crippen molar-refractivity contribution in [3.05, 3.63) is 22.5 Å². The van der Waals surface area contributed by atoms with Crippen LogP contribution in [-0.4, -0.2) is 16.0 Å². The highest BCUT2D eigenvalue weighted by Gasteiger charge is 2.18. The number of ether oxygens (including phenoxy) is 1. The van der Waals surface area contributed by atoms with Gasteiger partial charge in [-0.1, -0.05) is 0 Å². The minimum atomic E-state index is 0.716. The summed E-state index contributed by atoms with van der Waals surface area (Å²) in [6.07, 6.45) is 0.961. The Labute approximate surface area is 80.0 Å². The lowest BCUT2D eigenvalue weighted by Gasteiger charge is -2.11. The van der Waals surface area contributed by atoms with Gasteiger partial charge in [0.1, 0.15) is 0 Å². The number of fused-ring (bicyclic) bond motifs is 3. The zero-order chi connectivity index (χ0) is 8.84. The molecule has 4 heteroatoms. The highest BCUT2D eigenvalue weighted by atomic mass is 32.1. The second-order valence-electron chi connectivity index (χ2n) is 3.30. The quantitative estimate of drug-likeness (QED) is 0.639. The summed E-state index contributed by atoms with van der Waals surface area (Å²) in [5.41, 5.74) is 3.74. The number of nitrogens with zero attached hydrogens (tertiary/aromatic N) is 2. The standard InChI is InChI=1S/C9H10N2OS/c1-6-5-13-9-10-7-2-3-12-4-8(7)11(6)9/h5H,2-4H2,1H3. The number of hydrogen-bond donors (Lipinski definition) is 0. The van der Waals surface area contributed by atoms with Crippen LogP contribution >= 0.6 is 11.3 Å². The average molecular weight is 194 g/mol. The van der Waals surface area contributed by atoms with Gasteiger partial charge in [0.2, 0.25) is 0 Å². The Bertz CT molecular complexity index is 457. The Morgan fingerprint density at radius 2 is 2.54 bits per heavy atom. The predicted molar refractivity (Wildman–Crippen MR) is 51.2 cm³/mol. The molecule has 0 radical (unpaired) electrons. The number of hydrogen-bond acceptors (Lipinski definition) is 3. The van der Waals surface area contributed by atoms with Gasteiger partial charge in [-0.05, 0) is 6.92 Å². The Hall–Kier alpha value is -0.870. The molecule has 3 nitrogen and oxygen atoms in total. The van der Waals surface area contributed by atoms with Crippen LogP contribution < -0.4 is 0 Å². The van der Waals surface area contributed by atoms with Crippen molar-refractivity contribution in [3.8, 4) is 0 Å². The van der Waals surface area contributed by atoms with Gasteiger partial charge in [0, 0.05) is 17.5 Å². The molecule has 2 aromatic heterocycles. The average Bonchev–Trinajstić information content (AvgIpc) is 2.66. The van der Waals surface area contributed by atoms with Crippen LogP contribution in [-0.2, 0) is 17.8 Å². The second-order valence-corrected chi connectivity index (χ2v) is 4.14. The fourth-order valence-corrected chi connectivity index (χ4v) is 2.70. The maximum atomic E-state index is 5.43. The number of aryl methyl sites for hydroxylation is 1. The zero-order valence-electron chi connectivity index (χ0n) is 7.41. The molecule has 0 unspecified atom stereocenters.